The summed E-state index contributed by atoms with van der Waals surface area (Å²) < 4.78 is 6.65. The van der Waals surface area contributed by atoms with Gasteiger partial charge in [-0.1, -0.05) is 73.0 Å². The van der Waals surface area contributed by atoms with Gasteiger partial charge >= 0.3 is 5.97 Å². The zero-order chi connectivity index (χ0) is 21.2. The number of rotatable bonds is 11. The fraction of sp³-hybridized carbons (Fsp3) is 0.500. The third kappa shape index (κ3) is 8.64. The molecule has 1 unspecified atom stereocenters. The second-order valence-electron chi connectivity index (χ2n) is 8.44. The van der Waals surface area contributed by atoms with Crippen LogP contribution in [0.15, 0.2) is 54.6 Å². The van der Waals surface area contributed by atoms with Crippen molar-refractivity contribution >= 4 is 18.4 Å². The van der Waals surface area contributed by atoms with E-state index in [1.54, 1.807) is 0 Å². The Balaban J connectivity index is 0.00000341. The summed E-state index contributed by atoms with van der Waals surface area (Å²) in [5.74, 6) is -0.684. The minimum atomic E-state index is -0.684. The summed E-state index contributed by atoms with van der Waals surface area (Å²) in [4.78, 5) is 13.1. The van der Waals surface area contributed by atoms with Gasteiger partial charge < -0.3 is 14.7 Å². The smallest absolute Gasteiger partial charge is 0.303 e. The highest BCUT2D eigenvalue weighted by Crippen LogP contribution is 2.30. The van der Waals surface area contributed by atoms with E-state index < -0.39 is 5.97 Å². The summed E-state index contributed by atoms with van der Waals surface area (Å²) in [6.07, 6.45) is 6.77. The van der Waals surface area contributed by atoms with Gasteiger partial charge in [0.15, 0.2) is 0 Å². The predicted molar refractivity (Wildman–Crippen MR) is 128 cm³/mol. The van der Waals surface area contributed by atoms with E-state index in [0.717, 1.165) is 58.2 Å². The molecule has 0 saturated carbocycles. The number of ether oxygens (including phenoxy) is 1. The summed E-state index contributed by atoms with van der Waals surface area (Å²) in [6.45, 7) is 5.38. The summed E-state index contributed by atoms with van der Waals surface area (Å²) in [5.41, 5.74) is 3.70. The van der Waals surface area contributed by atoms with Crippen LogP contribution in [-0.4, -0.2) is 41.7 Å². The van der Waals surface area contributed by atoms with Crippen LogP contribution in [0.1, 0.15) is 67.7 Å². The molecule has 31 heavy (non-hydrogen) atoms. The van der Waals surface area contributed by atoms with E-state index in [4.69, 9.17) is 9.84 Å². The van der Waals surface area contributed by atoms with Gasteiger partial charge in [0, 0.05) is 19.5 Å². The molecule has 1 N–H and O–H groups in total. The van der Waals surface area contributed by atoms with Gasteiger partial charge in [-0.25, -0.2) is 0 Å². The molecule has 5 heteroatoms. The van der Waals surface area contributed by atoms with Crippen molar-refractivity contribution in [2.45, 2.75) is 64.1 Å². The van der Waals surface area contributed by atoms with Crippen LogP contribution in [0.5, 0.6) is 0 Å². The van der Waals surface area contributed by atoms with Crippen molar-refractivity contribution in [3.05, 3.63) is 71.3 Å². The number of carboxylic acid groups (broad SMARTS) is 1. The molecular formula is C26H36ClNO3. The number of benzene rings is 2. The number of likely N-dealkylation sites (tertiary alicyclic amines) is 1. The van der Waals surface area contributed by atoms with E-state index in [-0.39, 0.29) is 24.6 Å². The number of piperidine rings is 1. The molecule has 1 heterocycles. The number of carboxylic acids is 1. The molecule has 0 spiro atoms. The molecule has 1 atom stereocenters. The maximum Gasteiger partial charge on any atom is 0.303 e. The van der Waals surface area contributed by atoms with Crippen LogP contribution in [0.25, 0.3) is 0 Å². The highest BCUT2D eigenvalue weighted by atomic mass is 35.5. The van der Waals surface area contributed by atoms with Crippen molar-refractivity contribution in [1.29, 1.82) is 0 Å². The van der Waals surface area contributed by atoms with E-state index in [0.29, 0.717) is 6.42 Å². The number of aryl methyl sites for hydroxylation is 1. The van der Waals surface area contributed by atoms with E-state index in [2.05, 4.69) is 66.4 Å². The Morgan fingerprint density at radius 2 is 1.58 bits per heavy atom. The van der Waals surface area contributed by atoms with Gasteiger partial charge in [-0.2, -0.15) is 0 Å². The largest absolute Gasteiger partial charge is 0.481 e. The maximum absolute atomic E-state index is 10.6. The lowest BCUT2D eigenvalue weighted by molar-refractivity contribution is -0.137. The molecule has 1 aliphatic rings. The van der Waals surface area contributed by atoms with Crippen molar-refractivity contribution in [1.82, 2.24) is 4.90 Å². The van der Waals surface area contributed by atoms with Crippen LogP contribution in [0.4, 0.5) is 0 Å². The van der Waals surface area contributed by atoms with Crippen LogP contribution < -0.4 is 0 Å². The molecule has 1 fully saturated rings. The topological polar surface area (TPSA) is 49.8 Å². The number of aliphatic carboxylic acids is 1. The summed E-state index contributed by atoms with van der Waals surface area (Å²) >= 11 is 0. The number of hydrogen-bond acceptors (Lipinski definition) is 3. The lowest BCUT2D eigenvalue weighted by Crippen LogP contribution is -2.38. The first-order valence-electron chi connectivity index (χ1n) is 11.3. The van der Waals surface area contributed by atoms with Crippen molar-refractivity contribution < 1.29 is 14.6 Å². The Labute approximate surface area is 193 Å². The molecule has 0 bridgehead atoms. The second kappa shape index (κ2) is 13.5. The van der Waals surface area contributed by atoms with Crippen molar-refractivity contribution in [3.8, 4) is 0 Å². The normalized spacial score (nSPS) is 15.9. The Bertz CT molecular complexity index is 758. The molecule has 0 aliphatic carbocycles. The first kappa shape index (κ1) is 25.4. The average molecular weight is 446 g/mol. The molecular weight excluding hydrogens is 410 g/mol. The summed E-state index contributed by atoms with van der Waals surface area (Å²) in [6, 6.07) is 19.2. The Kier molecular flexibility index (Phi) is 11.1. The lowest BCUT2D eigenvalue weighted by Gasteiger charge is -2.34. The summed E-state index contributed by atoms with van der Waals surface area (Å²) in [7, 11) is 0. The number of hydrogen-bond donors (Lipinski definition) is 1. The van der Waals surface area contributed by atoms with Gasteiger partial charge in [0.25, 0.3) is 0 Å². The van der Waals surface area contributed by atoms with Gasteiger partial charge in [-0.3, -0.25) is 4.79 Å². The van der Waals surface area contributed by atoms with Crippen molar-refractivity contribution in [2.75, 3.05) is 19.6 Å². The molecule has 1 aliphatic heterocycles. The Morgan fingerprint density at radius 1 is 0.968 bits per heavy atom. The monoisotopic (exact) mass is 445 g/mol. The lowest BCUT2D eigenvalue weighted by atomic mass is 9.99. The first-order chi connectivity index (χ1) is 14.6. The van der Waals surface area contributed by atoms with Crippen LogP contribution in [-0.2, 0) is 9.53 Å². The number of halogens is 1. The third-order valence-corrected chi connectivity index (χ3v) is 5.96. The molecule has 3 rings (SSSR count). The van der Waals surface area contributed by atoms with Gasteiger partial charge in [0.2, 0.25) is 0 Å². The second-order valence-corrected chi connectivity index (χ2v) is 8.44. The minimum Gasteiger partial charge on any atom is -0.481 e. The Hall–Kier alpha value is -1.88. The molecule has 4 nitrogen and oxygen atoms in total. The SMILES string of the molecule is Cc1ccc(C(OC2CCN(CCCCCCC(=O)O)CC2)c2ccccc2)cc1.Cl. The molecule has 2 aromatic carbocycles. The van der Waals surface area contributed by atoms with Gasteiger partial charge in [-0.15, -0.1) is 12.4 Å². The predicted octanol–water partition coefficient (Wildman–Crippen LogP) is 6.02. The zero-order valence-electron chi connectivity index (χ0n) is 18.5. The number of carbonyl (C=O) groups is 1. The fourth-order valence-electron chi connectivity index (χ4n) is 4.15. The number of unbranched alkanes of at least 4 members (excludes halogenated alkanes) is 3. The van der Waals surface area contributed by atoms with E-state index in [1.807, 2.05) is 0 Å². The highest BCUT2D eigenvalue weighted by Gasteiger charge is 2.24. The minimum absolute atomic E-state index is 0. The van der Waals surface area contributed by atoms with E-state index >= 15 is 0 Å². The number of nitrogens with zero attached hydrogens (tertiary/aromatic N) is 1. The fourth-order valence-corrected chi connectivity index (χ4v) is 4.15. The van der Waals surface area contributed by atoms with Crippen molar-refractivity contribution in [2.24, 2.45) is 0 Å². The highest BCUT2D eigenvalue weighted by molar-refractivity contribution is 5.85. The van der Waals surface area contributed by atoms with Crippen LogP contribution in [0, 0.1) is 6.92 Å². The van der Waals surface area contributed by atoms with Crippen LogP contribution >= 0.6 is 12.4 Å². The molecule has 0 amide bonds. The standard InChI is InChI=1S/C26H35NO3.ClH/c1-21-12-14-23(15-13-21)26(22-9-5-4-6-10-22)30-24-16-19-27(20-17-24)18-8-3-2-7-11-25(28)29;/h4-6,9-10,12-15,24,26H,2-3,7-8,11,16-20H2,1H3,(H,28,29);1H. The van der Waals surface area contributed by atoms with Gasteiger partial charge in [0.1, 0.15) is 6.10 Å². The average Bonchev–Trinajstić information content (AvgIpc) is 2.76. The third-order valence-electron chi connectivity index (χ3n) is 5.96. The van der Waals surface area contributed by atoms with Crippen molar-refractivity contribution in [3.63, 3.8) is 0 Å². The first-order valence-corrected chi connectivity index (χ1v) is 11.3. The van der Waals surface area contributed by atoms with Crippen LogP contribution in [0.3, 0.4) is 0 Å². The molecule has 0 radical (unpaired) electrons. The van der Waals surface area contributed by atoms with Gasteiger partial charge in [-0.05, 0) is 50.3 Å². The van der Waals surface area contributed by atoms with Gasteiger partial charge in [0.05, 0.1) is 6.10 Å². The molecule has 2 aromatic rings. The summed E-state index contributed by atoms with van der Waals surface area (Å²) in [5, 5.41) is 8.70. The van der Waals surface area contributed by atoms with E-state index in [9.17, 15) is 4.79 Å². The molecule has 170 valence electrons. The van der Waals surface area contributed by atoms with E-state index in [1.165, 1.54) is 16.7 Å². The molecule has 1 saturated heterocycles. The quantitative estimate of drug-likeness (QED) is 0.429. The maximum atomic E-state index is 10.6. The Morgan fingerprint density at radius 3 is 2.23 bits per heavy atom. The van der Waals surface area contributed by atoms with Crippen LogP contribution in [0.2, 0.25) is 0 Å². The molecule has 0 aromatic heterocycles. The zero-order valence-corrected chi connectivity index (χ0v) is 19.4.